The summed E-state index contributed by atoms with van der Waals surface area (Å²) < 4.78 is 18.2. The number of nitrogens with zero attached hydrogens (tertiary/aromatic N) is 7. The molecular formula is C19H26N8O2S2. The lowest BCUT2D eigenvalue weighted by Crippen LogP contribution is -2.18. The summed E-state index contributed by atoms with van der Waals surface area (Å²) >= 11 is 7.05. The van der Waals surface area contributed by atoms with Crippen LogP contribution in [0.5, 0.6) is 0 Å². The molecule has 2 atom stereocenters. The monoisotopic (exact) mass is 462 g/mol. The molecule has 3 aromatic heterocycles. The van der Waals surface area contributed by atoms with Crippen LogP contribution in [0, 0.1) is 4.77 Å². The number of ether oxygens (including phenoxy) is 2. The Morgan fingerprint density at radius 3 is 2.52 bits per heavy atom. The van der Waals surface area contributed by atoms with E-state index < -0.39 is 0 Å². The molecule has 1 N–H and O–H groups in total. The third-order valence-corrected chi connectivity index (χ3v) is 6.92. The molecule has 31 heavy (non-hydrogen) atoms. The molecule has 5 heterocycles. The van der Waals surface area contributed by atoms with Gasteiger partial charge in [0.15, 0.2) is 15.8 Å². The topological polar surface area (TPSA) is 101 Å². The van der Waals surface area contributed by atoms with Gasteiger partial charge in [-0.3, -0.25) is 14.3 Å². The number of aryl methyl sites for hydroxylation is 1. The largest absolute Gasteiger partial charge is 0.376 e. The summed E-state index contributed by atoms with van der Waals surface area (Å²) in [5.74, 6) is 2.28. The highest BCUT2D eigenvalue weighted by Gasteiger charge is 2.24. The van der Waals surface area contributed by atoms with Gasteiger partial charge in [0.2, 0.25) is 0 Å². The van der Waals surface area contributed by atoms with Crippen LogP contribution < -0.4 is 0 Å². The predicted molar refractivity (Wildman–Crippen MR) is 117 cm³/mol. The van der Waals surface area contributed by atoms with E-state index in [0.717, 1.165) is 67.9 Å². The Morgan fingerprint density at radius 1 is 1.13 bits per heavy atom. The molecule has 10 nitrogen and oxygen atoms in total. The van der Waals surface area contributed by atoms with Crippen molar-refractivity contribution in [3.05, 3.63) is 22.9 Å². The van der Waals surface area contributed by atoms with Crippen molar-refractivity contribution in [2.24, 2.45) is 7.05 Å². The Kier molecular flexibility index (Phi) is 6.21. The van der Waals surface area contributed by atoms with E-state index in [-0.39, 0.29) is 12.2 Å². The first-order chi connectivity index (χ1) is 15.2. The van der Waals surface area contributed by atoms with E-state index in [4.69, 9.17) is 21.7 Å². The molecule has 2 fully saturated rings. The Morgan fingerprint density at radius 2 is 1.87 bits per heavy atom. The summed E-state index contributed by atoms with van der Waals surface area (Å²) in [4.78, 5) is 0. The highest BCUT2D eigenvalue weighted by molar-refractivity contribution is 7.98. The Balaban J connectivity index is 1.36. The van der Waals surface area contributed by atoms with Crippen LogP contribution >= 0.6 is 24.0 Å². The zero-order valence-corrected chi connectivity index (χ0v) is 19.1. The molecule has 5 rings (SSSR count). The number of hydrogen-bond donors (Lipinski definition) is 1. The Bertz CT molecular complexity index is 1080. The van der Waals surface area contributed by atoms with Gasteiger partial charge in [-0.05, 0) is 44.0 Å². The van der Waals surface area contributed by atoms with Crippen molar-refractivity contribution in [3.63, 3.8) is 0 Å². The van der Waals surface area contributed by atoms with E-state index in [1.165, 1.54) is 0 Å². The van der Waals surface area contributed by atoms with Crippen molar-refractivity contribution >= 4 is 24.0 Å². The summed E-state index contributed by atoms with van der Waals surface area (Å²) in [6.07, 6.45) is 6.58. The van der Waals surface area contributed by atoms with E-state index in [2.05, 4.69) is 30.1 Å². The molecule has 0 bridgehead atoms. The molecule has 0 amide bonds. The third kappa shape index (κ3) is 4.61. The van der Waals surface area contributed by atoms with Crippen LogP contribution in [-0.2, 0) is 35.4 Å². The average Bonchev–Trinajstić information content (AvgIpc) is 3.57. The third-order valence-electron chi connectivity index (χ3n) is 5.65. The smallest absolute Gasteiger partial charge is 0.195 e. The number of aromatic amines is 1. The summed E-state index contributed by atoms with van der Waals surface area (Å²) in [7, 11) is 1.90. The summed E-state index contributed by atoms with van der Waals surface area (Å²) in [6.45, 7) is 3.08. The minimum atomic E-state index is 0.173. The van der Waals surface area contributed by atoms with Gasteiger partial charge in [0.25, 0.3) is 0 Å². The molecule has 0 saturated carbocycles. The highest BCUT2D eigenvalue weighted by Crippen LogP contribution is 2.28. The zero-order chi connectivity index (χ0) is 21.2. The van der Waals surface area contributed by atoms with E-state index in [0.29, 0.717) is 17.1 Å². The summed E-state index contributed by atoms with van der Waals surface area (Å²) in [5.41, 5.74) is 0.806. The summed E-state index contributed by atoms with van der Waals surface area (Å²) in [6, 6.07) is 1.96. The maximum Gasteiger partial charge on any atom is 0.195 e. The van der Waals surface area contributed by atoms with Gasteiger partial charge in [0.1, 0.15) is 11.5 Å². The molecule has 0 spiro atoms. The van der Waals surface area contributed by atoms with Crippen molar-refractivity contribution in [2.75, 3.05) is 13.2 Å². The SMILES string of the molecule is Cn1ccc(-c2nnc(SCc3n[nH]c(=S)n3C[C@@H]3CCCO3)n2C[C@H]2CCCO2)n1. The minimum Gasteiger partial charge on any atom is -0.376 e. The second-order valence-corrected chi connectivity index (χ2v) is 9.23. The maximum absolute atomic E-state index is 5.88. The molecule has 2 aliphatic rings. The van der Waals surface area contributed by atoms with Crippen LogP contribution in [0.1, 0.15) is 31.5 Å². The molecule has 2 saturated heterocycles. The lowest BCUT2D eigenvalue weighted by Gasteiger charge is -2.14. The summed E-state index contributed by atoms with van der Waals surface area (Å²) in [5, 5.41) is 21.6. The first-order valence-electron chi connectivity index (χ1n) is 10.6. The molecule has 3 aromatic rings. The molecule has 0 radical (unpaired) electrons. The zero-order valence-electron chi connectivity index (χ0n) is 17.4. The average molecular weight is 463 g/mol. The second-order valence-electron chi connectivity index (χ2n) is 7.91. The molecule has 0 aromatic carbocycles. The van der Waals surface area contributed by atoms with Crippen LogP contribution in [0.15, 0.2) is 17.4 Å². The standard InChI is InChI=1S/C19H26N8O2S2/c1-25-7-6-15(24-25)17-21-23-19(27(17)11-14-5-3-9-29-14)31-12-16-20-22-18(30)26(16)10-13-4-2-8-28-13/h6-7,13-14H,2-5,8-12H2,1H3,(H,22,30)/t13-,14+/m0/s1. The van der Waals surface area contributed by atoms with Gasteiger partial charge in [-0.15, -0.1) is 10.2 Å². The number of nitrogens with one attached hydrogen (secondary N) is 1. The first-order valence-corrected chi connectivity index (χ1v) is 12.0. The molecular weight excluding hydrogens is 436 g/mol. The van der Waals surface area contributed by atoms with E-state index in [9.17, 15) is 0 Å². The van der Waals surface area contributed by atoms with Gasteiger partial charge in [-0.2, -0.15) is 10.2 Å². The normalized spacial score (nSPS) is 21.3. The van der Waals surface area contributed by atoms with Crippen LogP contribution in [0.2, 0.25) is 0 Å². The van der Waals surface area contributed by atoms with Crippen LogP contribution in [0.3, 0.4) is 0 Å². The van der Waals surface area contributed by atoms with Crippen molar-refractivity contribution in [3.8, 4) is 11.5 Å². The Labute approximate surface area is 189 Å². The quantitative estimate of drug-likeness (QED) is 0.403. The molecule has 0 unspecified atom stereocenters. The highest BCUT2D eigenvalue weighted by atomic mass is 32.2. The lowest BCUT2D eigenvalue weighted by molar-refractivity contribution is 0.0952. The second kappa shape index (κ2) is 9.23. The van der Waals surface area contributed by atoms with Gasteiger partial charge in [0, 0.05) is 26.5 Å². The van der Waals surface area contributed by atoms with E-state index in [1.54, 1.807) is 16.4 Å². The molecule has 166 valence electrons. The minimum absolute atomic E-state index is 0.173. The van der Waals surface area contributed by atoms with Crippen molar-refractivity contribution in [1.82, 2.24) is 39.3 Å². The lowest BCUT2D eigenvalue weighted by atomic mass is 10.2. The Hall–Kier alpha value is -2.02. The number of thioether (sulfide) groups is 1. The van der Waals surface area contributed by atoms with E-state index >= 15 is 0 Å². The van der Waals surface area contributed by atoms with Crippen LogP contribution in [0.25, 0.3) is 11.5 Å². The molecule has 0 aliphatic carbocycles. The fraction of sp³-hybridized carbons (Fsp3) is 0.632. The van der Waals surface area contributed by atoms with E-state index in [1.807, 2.05) is 23.9 Å². The van der Waals surface area contributed by atoms with Crippen molar-refractivity contribution < 1.29 is 9.47 Å². The number of H-pyrrole nitrogens is 1. The fourth-order valence-electron chi connectivity index (χ4n) is 4.05. The molecule has 2 aliphatic heterocycles. The fourth-order valence-corrected chi connectivity index (χ4v) is 5.17. The number of rotatable bonds is 8. The predicted octanol–water partition coefficient (Wildman–Crippen LogP) is 2.58. The van der Waals surface area contributed by atoms with Gasteiger partial charge in [-0.25, -0.2) is 0 Å². The maximum atomic E-state index is 5.88. The van der Waals surface area contributed by atoms with Gasteiger partial charge in [0.05, 0.1) is 31.1 Å². The van der Waals surface area contributed by atoms with Gasteiger partial charge < -0.3 is 14.0 Å². The van der Waals surface area contributed by atoms with Crippen LogP contribution in [0.4, 0.5) is 0 Å². The van der Waals surface area contributed by atoms with Gasteiger partial charge >= 0.3 is 0 Å². The number of aromatic nitrogens is 8. The first kappa shape index (κ1) is 20.9. The van der Waals surface area contributed by atoms with Crippen molar-refractivity contribution in [2.45, 2.75) is 61.9 Å². The number of hydrogen-bond acceptors (Lipinski definition) is 8. The van der Waals surface area contributed by atoms with Crippen molar-refractivity contribution in [1.29, 1.82) is 0 Å². The molecule has 12 heteroatoms. The van der Waals surface area contributed by atoms with Gasteiger partial charge in [-0.1, -0.05) is 11.8 Å². The van der Waals surface area contributed by atoms with Crippen LogP contribution in [-0.4, -0.2) is 64.7 Å².